The SMILES string of the molecule is CN(C)S(=O)(=O)c1sc(Sc2ccc(Br)cc2)cc1[Si](C)(C)C. The molecular weight excluding hydrogens is 430 g/mol. The number of nitrogens with zero attached hydrogens (tertiary/aromatic N) is 1. The van der Waals surface area contributed by atoms with E-state index >= 15 is 0 Å². The van der Waals surface area contributed by atoms with E-state index in [1.54, 1.807) is 25.9 Å². The third kappa shape index (κ3) is 4.49. The van der Waals surface area contributed by atoms with Crippen molar-refractivity contribution in [1.82, 2.24) is 4.31 Å². The Kier molecular flexibility index (Phi) is 5.85. The highest BCUT2D eigenvalue weighted by Crippen LogP contribution is 2.36. The van der Waals surface area contributed by atoms with Crippen LogP contribution in [0.15, 0.2) is 48.1 Å². The van der Waals surface area contributed by atoms with E-state index in [0.29, 0.717) is 4.21 Å². The van der Waals surface area contributed by atoms with Gasteiger partial charge in [0.05, 0.1) is 12.3 Å². The monoisotopic (exact) mass is 449 g/mol. The first-order chi connectivity index (χ1) is 10.5. The molecule has 0 spiro atoms. The molecule has 23 heavy (non-hydrogen) atoms. The number of thiophene rings is 1. The number of halogens is 1. The highest BCUT2D eigenvalue weighted by atomic mass is 79.9. The molecule has 0 saturated heterocycles. The van der Waals surface area contributed by atoms with Crippen LogP contribution in [0.4, 0.5) is 0 Å². The van der Waals surface area contributed by atoms with Crippen LogP contribution >= 0.6 is 39.0 Å². The molecule has 2 aromatic rings. The summed E-state index contributed by atoms with van der Waals surface area (Å²) in [6, 6.07) is 10.1. The molecule has 8 heteroatoms. The largest absolute Gasteiger partial charge is 0.251 e. The molecule has 0 atom stereocenters. The Balaban J connectivity index is 2.48. The molecule has 1 aromatic heterocycles. The molecule has 0 aliphatic rings. The fourth-order valence-electron chi connectivity index (χ4n) is 1.90. The minimum Gasteiger partial charge on any atom is -0.206 e. The second kappa shape index (κ2) is 7.01. The maximum atomic E-state index is 12.7. The maximum Gasteiger partial charge on any atom is 0.251 e. The average Bonchev–Trinajstić information content (AvgIpc) is 2.86. The van der Waals surface area contributed by atoms with Gasteiger partial charge in [-0.25, -0.2) is 12.7 Å². The van der Waals surface area contributed by atoms with Crippen LogP contribution < -0.4 is 5.19 Å². The zero-order chi connectivity index (χ0) is 17.4. The summed E-state index contributed by atoms with van der Waals surface area (Å²) in [5.74, 6) is 0. The summed E-state index contributed by atoms with van der Waals surface area (Å²) in [4.78, 5) is 1.10. The van der Waals surface area contributed by atoms with Gasteiger partial charge in [0.25, 0.3) is 10.0 Å². The van der Waals surface area contributed by atoms with Gasteiger partial charge in [0, 0.05) is 23.5 Å². The Morgan fingerprint density at radius 1 is 1.13 bits per heavy atom. The Labute approximate surface area is 156 Å². The van der Waals surface area contributed by atoms with Gasteiger partial charge in [0.1, 0.15) is 4.21 Å². The molecular formula is C15H20BrNO2S3Si. The topological polar surface area (TPSA) is 37.4 Å². The van der Waals surface area contributed by atoms with E-state index in [0.717, 1.165) is 18.8 Å². The number of benzene rings is 1. The minimum atomic E-state index is -3.40. The molecule has 0 aliphatic carbocycles. The Hall–Kier alpha value is -0.123. The molecule has 1 heterocycles. The second-order valence-corrected chi connectivity index (χ2v) is 17.1. The van der Waals surface area contributed by atoms with E-state index in [1.807, 2.05) is 24.3 Å². The number of rotatable bonds is 5. The molecule has 0 N–H and O–H groups in total. The molecule has 2 rings (SSSR count). The van der Waals surface area contributed by atoms with Crippen molar-refractivity contribution in [2.45, 2.75) is 33.0 Å². The van der Waals surface area contributed by atoms with Crippen LogP contribution in [0.2, 0.25) is 19.6 Å². The number of hydrogen-bond donors (Lipinski definition) is 0. The Morgan fingerprint density at radius 2 is 1.70 bits per heavy atom. The smallest absolute Gasteiger partial charge is 0.206 e. The van der Waals surface area contributed by atoms with Gasteiger partial charge in [0.2, 0.25) is 0 Å². The lowest BCUT2D eigenvalue weighted by Gasteiger charge is -2.18. The lowest BCUT2D eigenvalue weighted by molar-refractivity contribution is 0.523. The molecule has 0 fully saturated rings. The van der Waals surface area contributed by atoms with Crippen LogP contribution in [0.3, 0.4) is 0 Å². The predicted molar refractivity (Wildman–Crippen MR) is 106 cm³/mol. The third-order valence-electron chi connectivity index (χ3n) is 3.23. The molecule has 3 nitrogen and oxygen atoms in total. The van der Waals surface area contributed by atoms with Crippen molar-refractivity contribution < 1.29 is 8.42 Å². The van der Waals surface area contributed by atoms with Crippen LogP contribution in [-0.2, 0) is 10.0 Å². The fraction of sp³-hybridized carbons (Fsp3) is 0.333. The van der Waals surface area contributed by atoms with Crippen molar-refractivity contribution in [1.29, 1.82) is 0 Å². The molecule has 0 radical (unpaired) electrons. The van der Waals surface area contributed by atoms with E-state index in [2.05, 4.69) is 41.6 Å². The Bertz CT molecular complexity index is 793. The van der Waals surface area contributed by atoms with Gasteiger partial charge in [-0.15, -0.1) is 11.3 Å². The normalized spacial score (nSPS) is 12.8. The maximum absolute atomic E-state index is 12.7. The summed E-state index contributed by atoms with van der Waals surface area (Å²) in [5, 5.41) is 1.01. The number of sulfonamides is 1. The molecule has 126 valence electrons. The fourth-order valence-corrected chi connectivity index (χ4v) is 9.82. The summed E-state index contributed by atoms with van der Waals surface area (Å²) in [6.07, 6.45) is 0. The van der Waals surface area contributed by atoms with Crippen LogP contribution in [0.25, 0.3) is 0 Å². The first-order valence-corrected chi connectivity index (χ1v) is 14.4. The van der Waals surface area contributed by atoms with Crippen molar-refractivity contribution in [3.8, 4) is 0 Å². The first kappa shape index (κ1) is 19.2. The quantitative estimate of drug-likeness (QED) is 0.632. The Morgan fingerprint density at radius 3 is 2.17 bits per heavy atom. The van der Waals surface area contributed by atoms with E-state index in [-0.39, 0.29) is 0 Å². The van der Waals surface area contributed by atoms with Crippen molar-refractivity contribution in [2.24, 2.45) is 0 Å². The van der Waals surface area contributed by atoms with Gasteiger partial charge in [-0.2, -0.15) is 0 Å². The standard InChI is InChI=1S/C15H20BrNO2S3Si/c1-17(2)22(18,19)15-13(23(3,4)5)10-14(21-15)20-12-8-6-11(16)7-9-12/h6-10H,1-5H3. The lowest BCUT2D eigenvalue weighted by atomic mass is 10.4. The minimum absolute atomic E-state index is 0.501. The highest BCUT2D eigenvalue weighted by Gasteiger charge is 2.31. The van der Waals surface area contributed by atoms with E-state index in [4.69, 9.17) is 0 Å². The summed E-state index contributed by atoms with van der Waals surface area (Å²) in [6.45, 7) is 6.54. The zero-order valence-electron chi connectivity index (χ0n) is 13.8. The second-order valence-electron chi connectivity index (χ2n) is 6.36. The third-order valence-corrected chi connectivity index (χ3v) is 10.7. The van der Waals surface area contributed by atoms with Crippen molar-refractivity contribution in [3.05, 3.63) is 34.8 Å². The average molecular weight is 451 g/mol. The highest BCUT2D eigenvalue weighted by molar-refractivity contribution is 9.10. The van der Waals surface area contributed by atoms with Crippen LogP contribution in [0.5, 0.6) is 0 Å². The van der Waals surface area contributed by atoms with E-state index in [9.17, 15) is 8.42 Å². The van der Waals surface area contributed by atoms with Crippen molar-refractivity contribution >= 4 is 62.3 Å². The molecule has 1 aromatic carbocycles. The van der Waals surface area contributed by atoms with Crippen LogP contribution in [0, 0.1) is 0 Å². The van der Waals surface area contributed by atoms with Gasteiger partial charge in [-0.1, -0.05) is 47.3 Å². The first-order valence-electron chi connectivity index (χ1n) is 7.02. The van der Waals surface area contributed by atoms with Gasteiger partial charge in [-0.3, -0.25) is 0 Å². The van der Waals surface area contributed by atoms with Gasteiger partial charge >= 0.3 is 0 Å². The summed E-state index contributed by atoms with van der Waals surface area (Å²) >= 11 is 6.42. The molecule has 0 saturated carbocycles. The van der Waals surface area contributed by atoms with Gasteiger partial charge in [-0.05, 0) is 35.5 Å². The molecule has 0 amide bonds. The van der Waals surface area contributed by atoms with E-state index < -0.39 is 18.1 Å². The predicted octanol–water partition coefficient (Wildman–Crippen LogP) is 4.46. The van der Waals surface area contributed by atoms with Crippen molar-refractivity contribution in [2.75, 3.05) is 14.1 Å². The van der Waals surface area contributed by atoms with Gasteiger partial charge in [0.15, 0.2) is 0 Å². The summed E-state index contributed by atoms with van der Waals surface area (Å²) in [5.41, 5.74) is 0. The zero-order valence-corrected chi connectivity index (χ0v) is 18.8. The van der Waals surface area contributed by atoms with Crippen LogP contribution in [0.1, 0.15) is 0 Å². The molecule has 0 bridgehead atoms. The van der Waals surface area contributed by atoms with E-state index in [1.165, 1.54) is 15.6 Å². The van der Waals surface area contributed by atoms with Gasteiger partial charge < -0.3 is 0 Å². The van der Waals surface area contributed by atoms with Crippen molar-refractivity contribution in [3.63, 3.8) is 0 Å². The van der Waals surface area contributed by atoms with Crippen LogP contribution in [-0.4, -0.2) is 34.9 Å². The summed E-state index contributed by atoms with van der Waals surface area (Å²) < 4.78 is 29.2. The summed E-state index contributed by atoms with van der Waals surface area (Å²) in [7, 11) is -1.98. The molecule has 0 aliphatic heterocycles. The lowest BCUT2D eigenvalue weighted by Crippen LogP contribution is -2.41. The number of hydrogen-bond acceptors (Lipinski definition) is 4. The molecule has 0 unspecified atom stereocenters.